The van der Waals surface area contributed by atoms with Crippen molar-refractivity contribution < 1.29 is 8.85 Å². The van der Waals surface area contributed by atoms with Crippen LogP contribution >= 0.6 is 0 Å². The van der Waals surface area contributed by atoms with Gasteiger partial charge in [0, 0.05) is 6.61 Å². The molecule has 18 heavy (non-hydrogen) atoms. The Morgan fingerprint density at radius 2 is 1.83 bits per heavy atom. The number of hydrogen-bond donors (Lipinski definition) is 0. The smallest absolute Gasteiger partial charge is 0.331 e. The van der Waals surface area contributed by atoms with E-state index in [1.54, 1.807) is 0 Å². The molecule has 0 N–H and O–H groups in total. The lowest BCUT2D eigenvalue weighted by Crippen LogP contribution is -2.35. The van der Waals surface area contributed by atoms with Gasteiger partial charge in [0.1, 0.15) is 0 Å². The predicted octanol–water partition coefficient (Wildman–Crippen LogP) is 4.23. The Morgan fingerprint density at radius 3 is 2.50 bits per heavy atom. The highest BCUT2D eigenvalue weighted by Gasteiger charge is 2.23. The molecule has 0 aliphatic heterocycles. The van der Waals surface area contributed by atoms with Crippen LogP contribution in [0.2, 0.25) is 13.1 Å². The molecular formula is C15H24O2Si. The van der Waals surface area contributed by atoms with Crippen LogP contribution in [0.15, 0.2) is 36.4 Å². The average molecular weight is 264 g/mol. The first-order valence-electron chi connectivity index (χ1n) is 6.63. The largest absolute Gasteiger partial charge is 0.395 e. The van der Waals surface area contributed by atoms with Gasteiger partial charge in [0.05, 0.1) is 6.61 Å². The van der Waals surface area contributed by atoms with Gasteiger partial charge in [0.2, 0.25) is 0 Å². The van der Waals surface area contributed by atoms with Crippen LogP contribution in [0.5, 0.6) is 0 Å². The summed E-state index contributed by atoms with van der Waals surface area (Å²) in [5.41, 5.74) is 1.20. The summed E-state index contributed by atoms with van der Waals surface area (Å²) in [5.74, 6) is 0. The monoisotopic (exact) mass is 264 g/mol. The molecular weight excluding hydrogens is 240 g/mol. The molecule has 0 saturated heterocycles. The van der Waals surface area contributed by atoms with E-state index in [9.17, 15) is 0 Å². The van der Waals surface area contributed by atoms with E-state index in [-0.39, 0.29) is 0 Å². The molecule has 0 saturated carbocycles. The van der Waals surface area contributed by atoms with Gasteiger partial charge in [-0.05, 0) is 25.1 Å². The van der Waals surface area contributed by atoms with E-state index in [0.29, 0.717) is 6.61 Å². The van der Waals surface area contributed by atoms with Crippen LogP contribution in [0.1, 0.15) is 25.3 Å². The molecule has 0 heterocycles. The molecule has 100 valence electrons. The first-order valence-corrected chi connectivity index (χ1v) is 9.45. The minimum atomic E-state index is -1.93. The van der Waals surface area contributed by atoms with E-state index in [1.165, 1.54) is 12.0 Å². The van der Waals surface area contributed by atoms with Crippen LogP contribution in [-0.2, 0) is 8.85 Å². The van der Waals surface area contributed by atoms with Crippen LogP contribution in [0.4, 0.5) is 0 Å². The molecule has 0 aliphatic rings. The van der Waals surface area contributed by atoms with Crippen molar-refractivity contribution in [3.8, 4) is 0 Å². The van der Waals surface area contributed by atoms with Crippen molar-refractivity contribution in [2.45, 2.75) is 32.9 Å². The second kappa shape index (κ2) is 8.24. The molecule has 0 fully saturated rings. The summed E-state index contributed by atoms with van der Waals surface area (Å²) in [6, 6.07) is 10.2. The van der Waals surface area contributed by atoms with Crippen molar-refractivity contribution in [2.24, 2.45) is 0 Å². The molecule has 2 nitrogen and oxygen atoms in total. The standard InChI is InChI=1S/C15H24O2Si/c1-4-5-13-16-18(2,3)17-14-9-12-15-10-7-6-8-11-15/h6-12H,4-5,13-14H2,1-3H3/b12-9+. The van der Waals surface area contributed by atoms with Crippen molar-refractivity contribution in [3.05, 3.63) is 42.0 Å². The topological polar surface area (TPSA) is 18.5 Å². The second-order valence-corrected chi connectivity index (χ2v) is 8.10. The summed E-state index contributed by atoms with van der Waals surface area (Å²) in [5, 5.41) is 0. The zero-order chi connectivity index (χ0) is 13.3. The van der Waals surface area contributed by atoms with Gasteiger partial charge in [-0.25, -0.2) is 0 Å². The van der Waals surface area contributed by atoms with Crippen LogP contribution in [-0.4, -0.2) is 21.8 Å². The Balaban J connectivity index is 2.26. The maximum absolute atomic E-state index is 5.83. The van der Waals surface area contributed by atoms with E-state index >= 15 is 0 Å². The second-order valence-electron chi connectivity index (χ2n) is 4.73. The van der Waals surface area contributed by atoms with Crippen molar-refractivity contribution in [3.63, 3.8) is 0 Å². The van der Waals surface area contributed by atoms with Crippen molar-refractivity contribution in [1.82, 2.24) is 0 Å². The maximum Gasteiger partial charge on any atom is 0.331 e. The number of hydrogen-bond acceptors (Lipinski definition) is 2. The fourth-order valence-electron chi connectivity index (χ4n) is 1.50. The van der Waals surface area contributed by atoms with Gasteiger partial charge in [-0.15, -0.1) is 0 Å². The van der Waals surface area contributed by atoms with E-state index in [2.05, 4.69) is 38.2 Å². The fourth-order valence-corrected chi connectivity index (χ4v) is 2.72. The quantitative estimate of drug-likeness (QED) is 0.516. The summed E-state index contributed by atoms with van der Waals surface area (Å²) in [6.45, 7) is 7.80. The lowest BCUT2D eigenvalue weighted by molar-refractivity contribution is 0.192. The molecule has 0 aromatic heterocycles. The molecule has 0 bridgehead atoms. The molecule has 1 rings (SSSR count). The van der Waals surface area contributed by atoms with Gasteiger partial charge in [-0.2, -0.15) is 0 Å². The lowest BCUT2D eigenvalue weighted by Gasteiger charge is -2.21. The molecule has 0 radical (unpaired) electrons. The van der Waals surface area contributed by atoms with Gasteiger partial charge in [-0.3, -0.25) is 0 Å². The highest BCUT2D eigenvalue weighted by Crippen LogP contribution is 2.08. The summed E-state index contributed by atoms with van der Waals surface area (Å²) >= 11 is 0. The minimum Gasteiger partial charge on any atom is -0.395 e. The van der Waals surface area contributed by atoms with Crippen LogP contribution in [0, 0.1) is 0 Å². The Morgan fingerprint density at radius 1 is 1.11 bits per heavy atom. The van der Waals surface area contributed by atoms with Gasteiger partial charge in [0.25, 0.3) is 0 Å². The maximum atomic E-state index is 5.83. The van der Waals surface area contributed by atoms with Crippen molar-refractivity contribution >= 4 is 14.6 Å². The molecule has 0 unspecified atom stereocenters. The van der Waals surface area contributed by atoms with Crippen molar-refractivity contribution in [2.75, 3.05) is 13.2 Å². The van der Waals surface area contributed by atoms with Gasteiger partial charge < -0.3 is 8.85 Å². The van der Waals surface area contributed by atoms with Gasteiger partial charge in [0.15, 0.2) is 0 Å². The fraction of sp³-hybridized carbons (Fsp3) is 0.467. The van der Waals surface area contributed by atoms with Crippen LogP contribution in [0.25, 0.3) is 6.08 Å². The highest BCUT2D eigenvalue weighted by molar-refractivity contribution is 6.64. The molecule has 0 amide bonds. The van der Waals surface area contributed by atoms with Gasteiger partial charge in [-0.1, -0.05) is 55.8 Å². The SMILES string of the molecule is CCCCO[Si](C)(C)OC/C=C/c1ccccc1. The first-order chi connectivity index (χ1) is 8.64. The third kappa shape index (κ3) is 6.74. The van der Waals surface area contributed by atoms with Gasteiger partial charge >= 0.3 is 8.56 Å². The Hall–Kier alpha value is -0.903. The summed E-state index contributed by atoms with van der Waals surface area (Å²) in [7, 11) is -1.93. The third-order valence-electron chi connectivity index (χ3n) is 2.58. The van der Waals surface area contributed by atoms with Crippen LogP contribution in [0.3, 0.4) is 0 Å². The normalized spacial score (nSPS) is 12.2. The number of rotatable bonds is 8. The molecule has 0 spiro atoms. The summed E-state index contributed by atoms with van der Waals surface area (Å²) < 4.78 is 11.6. The molecule has 0 atom stereocenters. The van der Waals surface area contributed by atoms with E-state index in [1.807, 2.05) is 24.3 Å². The average Bonchev–Trinajstić information content (AvgIpc) is 2.36. The Labute approximate surface area is 112 Å². The first kappa shape index (κ1) is 15.2. The highest BCUT2D eigenvalue weighted by atomic mass is 28.4. The zero-order valence-electron chi connectivity index (χ0n) is 11.7. The van der Waals surface area contributed by atoms with E-state index in [4.69, 9.17) is 8.85 Å². The van der Waals surface area contributed by atoms with E-state index < -0.39 is 8.56 Å². The Bertz CT molecular complexity index is 347. The molecule has 1 aromatic rings. The van der Waals surface area contributed by atoms with E-state index in [0.717, 1.165) is 13.0 Å². The molecule has 3 heteroatoms. The van der Waals surface area contributed by atoms with Crippen LogP contribution < -0.4 is 0 Å². The third-order valence-corrected chi connectivity index (χ3v) is 4.35. The number of benzene rings is 1. The summed E-state index contributed by atoms with van der Waals surface area (Å²) in [6.07, 6.45) is 6.40. The molecule has 1 aromatic carbocycles. The molecule has 0 aliphatic carbocycles. The Kier molecular flexibility index (Phi) is 6.94. The zero-order valence-corrected chi connectivity index (χ0v) is 12.7. The predicted molar refractivity (Wildman–Crippen MR) is 79.8 cm³/mol. The van der Waals surface area contributed by atoms with Crippen molar-refractivity contribution in [1.29, 1.82) is 0 Å². The minimum absolute atomic E-state index is 0.625. The number of unbranched alkanes of at least 4 members (excludes halogenated alkanes) is 1. The summed E-state index contributed by atoms with van der Waals surface area (Å²) in [4.78, 5) is 0. The lowest BCUT2D eigenvalue weighted by atomic mass is 10.2.